The van der Waals surface area contributed by atoms with Crippen LogP contribution in [-0.2, 0) is 0 Å². The largest absolute Gasteiger partial charge is 0.455 e. The van der Waals surface area contributed by atoms with E-state index in [-0.39, 0.29) is 12.1 Å². The highest BCUT2D eigenvalue weighted by Crippen LogP contribution is 2.44. The van der Waals surface area contributed by atoms with E-state index >= 15 is 0 Å². The van der Waals surface area contributed by atoms with Crippen LogP contribution in [0.3, 0.4) is 0 Å². The smallest absolute Gasteiger partial charge is 0.319 e. The SMILES string of the molecule is N[C@H](c1c(F)cc(F)cc1F)C(F)(F)C(F)(F)F. The molecule has 0 saturated carbocycles. The van der Waals surface area contributed by atoms with E-state index in [0.29, 0.717) is 0 Å². The number of hydrogen-bond acceptors (Lipinski definition) is 1. The van der Waals surface area contributed by atoms with Crippen molar-refractivity contribution in [2.75, 3.05) is 0 Å². The summed E-state index contributed by atoms with van der Waals surface area (Å²) in [6.07, 6.45) is -6.08. The van der Waals surface area contributed by atoms with Gasteiger partial charge in [0, 0.05) is 17.7 Å². The van der Waals surface area contributed by atoms with E-state index < -0.39 is 41.2 Å². The Morgan fingerprint density at radius 2 is 1.28 bits per heavy atom. The van der Waals surface area contributed by atoms with Crippen molar-refractivity contribution in [3.8, 4) is 0 Å². The minimum Gasteiger partial charge on any atom is -0.319 e. The second kappa shape index (κ2) is 4.38. The molecule has 9 heteroatoms. The fourth-order valence-electron chi connectivity index (χ4n) is 1.21. The molecule has 0 aromatic heterocycles. The Morgan fingerprint density at radius 3 is 1.61 bits per heavy atom. The molecule has 1 atom stereocenters. The minimum absolute atomic E-state index is 0.0370. The van der Waals surface area contributed by atoms with Crippen molar-refractivity contribution >= 4 is 0 Å². The topological polar surface area (TPSA) is 26.0 Å². The van der Waals surface area contributed by atoms with Crippen LogP contribution in [0.2, 0.25) is 0 Å². The molecule has 1 rings (SSSR count). The third-order valence-corrected chi connectivity index (χ3v) is 2.12. The summed E-state index contributed by atoms with van der Waals surface area (Å²) in [5.41, 5.74) is 2.81. The van der Waals surface area contributed by atoms with Crippen LogP contribution in [0.4, 0.5) is 35.1 Å². The number of benzene rings is 1. The highest BCUT2D eigenvalue weighted by Gasteiger charge is 2.62. The van der Waals surface area contributed by atoms with E-state index in [1.54, 1.807) is 0 Å². The zero-order chi connectivity index (χ0) is 14.3. The van der Waals surface area contributed by atoms with Crippen LogP contribution in [0.15, 0.2) is 12.1 Å². The Morgan fingerprint density at radius 1 is 0.889 bits per heavy atom. The van der Waals surface area contributed by atoms with E-state index in [0.717, 1.165) is 0 Å². The molecule has 0 fully saturated rings. The number of halogens is 8. The maximum atomic E-state index is 13.0. The molecule has 1 aromatic carbocycles. The number of nitrogens with two attached hydrogens (primary N) is 1. The first-order valence-corrected chi connectivity index (χ1v) is 4.33. The molecule has 0 aliphatic heterocycles. The van der Waals surface area contributed by atoms with Gasteiger partial charge in [0.2, 0.25) is 0 Å². The van der Waals surface area contributed by atoms with Crippen LogP contribution in [0.1, 0.15) is 11.6 Å². The van der Waals surface area contributed by atoms with Crippen LogP contribution < -0.4 is 5.73 Å². The first-order chi connectivity index (χ1) is 7.98. The van der Waals surface area contributed by atoms with Crippen LogP contribution in [-0.4, -0.2) is 12.1 Å². The van der Waals surface area contributed by atoms with Gasteiger partial charge in [-0.2, -0.15) is 22.0 Å². The Balaban J connectivity index is 3.32. The molecular formula is C9H5F8N. The summed E-state index contributed by atoms with van der Waals surface area (Å²) in [6.45, 7) is 0. The molecule has 0 aliphatic rings. The molecule has 0 spiro atoms. The lowest BCUT2D eigenvalue weighted by molar-refractivity contribution is -0.291. The first-order valence-electron chi connectivity index (χ1n) is 4.33. The maximum Gasteiger partial charge on any atom is 0.455 e. The summed E-state index contributed by atoms with van der Waals surface area (Å²) in [6, 6.07) is -3.38. The van der Waals surface area contributed by atoms with E-state index in [2.05, 4.69) is 5.73 Å². The summed E-state index contributed by atoms with van der Waals surface area (Å²) >= 11 is 0. The van der Waals surface area contributed by atoms with Crippen molar-refractivity contribution in [1.82, 2.24) is 0 Å². The highest BCUT2D eigenvalue weighted by molar-refractivity contribution is 5.26. The molecule has 1 nitrogen and oxygen atoms in total. The first kappa shape index (κ1) is 14.7. The zero-order valence-electron chi connectivity index (χ0n) is 8.33. The van der Waals surface area contributed by atoms with Gasteiger partial charge in [-0.25, -0.2) is 13.2 Å². The standard InChI is InChI=1S/C9H5F8N/c10-3-1-4(11)6(5(12)2-3)7(18)8(13,14)9(15,16)17/h1-2,7H,18H2/t7-/m1/s1. The van der Waals surface area contributed by atoms with Gasteiger partial charge in [-0.1, -0.05) is 0 Å². The average molecular weight is 279 g/mol. The summed E-state index contributed by atoms with van der Waals surface area (Å²) in [4.78, 5) is 0. The van der Waals surface area contributed by atoms with Gasteiger partial charge in [-0.15, -0.1) is 0 Å². The van der Waals surface area contributed by atoms with Crippen LogP contribution in [0.25, 0.3) is 0 Å². The number of hydrogen-bond donors (Lipinski definition) is 1. The third-order valence-electron chi connectivity index (χ3n) is 2.12. The van der Waals surface area contributed by atoms with Gasteiger partial charge in [-0.3, -0.25) is 0 Å². The quantitative estimate of drug-likeness (QED) is 0.826. The summed E-state index contributed by atoms with van der Waals surface area (Å²) < 4.78 is 100.0. The molecule has 0 radical (unpaired) electrons. The van der Waals surface area contributed by atoms with Gasteiger partial charge < -0.3 is 5.73 Å². The summed E-state index contributed by atoms with van der Waals surface area (Å²) in [5, 5.41) is 0. The lowest BCUT2D eigenvalue weighted by atomic mass is 9.99. The molecule has 0 saturated heterocycles. The molecule has 0 aliphatic carbocycles. The van der Waals surface area contributed by atoms with E-state index in [4.69, 9.17) is 0 Å². The third kappa shape index (κ3) is 2.40. The van der Waals surface area contributed by atoms with Crippen molar-refractivity contribution in [1.29, 1.82) is 0 Å². The predicted octanol–water partition coefficient (Wildman–Crippen LogP) is 3.30. The van der Waals surface area contributed by atoms with E-state index in [9.17, 15) is 35.1 Å². The van der Waals surface area contributed by atoms with Gasteiger partial charge in [0.1, 0.15) is 23.5 Å². The molecule has 0 amide bonds. The molecule has 2 N–H and O–H groups in total. The van der Waals surface area contributed by atoms with Crippen molar-refractivity contribution in [2.24, 2.45) is 5.73 Å². The Bertz CT molecular complexity index is 429. The molecular weight excluding hydrogens is 274 g/mol. The summed E-state index contributed by atoms with van der Waals surface area (Å²) in [7, 11) is 0. The van der Waals surface area contributed by atoms with Crippen LogP contribution >= 0.6 is 0 Å². The van der Waals surface area contributed by atoms with Gasteiger partial charge in [0.05, 0.1) is 0 Å². The number of rotatable bonds is 2. The fraction of sp³-hybridized carbons (Fsp3) is 0.333. The fourth-order valence-corrected chi connectivity index (χ4v) is 1.21. The normalized spacial score (nSPS) is 14.7. The van der Waals surface area contributed by atoms with E-state index in [1.807, 2.05) is 0 Å². The Kier molecular flexibility index (Phi) is 3.57. The lowest BCUT2D eigenvalue weighted by Gasteiger charge is -2.26. The molecule has 102 valence electrons. The average Bonchev–Trinajstić information content (AvgIpc) is 2.13. The molecule has 1 aromatic rings. The molecule has 0 bridgehead atoms. The summed E-state index contributed by atoms with van der Waals surface area (Å²) in [5.74, 6) is -10.8. The van der Waals surface area contributed by atoms with Crippen LogP contribution in [0, 0.1) is 17.5 Å². The molecule has 0 heterocycles. The maximum absolute atomic E-state index is 13.0. The lowest BCUT2D eigenvalue weighted by Crippen LogP contribution is -2.46. The Labute approximate surface area is 95.2 Å². The van der Waals surface area contributed by atoms with Crippen molar-refractivity contribution in [3.05, 3.63) is 35.1 Å². The van der Waals surface area contributed by atoms with Gasteiger partial charge in [0.25, 0.3) is 0 Å². The van der Waals surface area contributed by atoms with Gasteiger partial charge in [-0.05, 0) is 0 Å². The molecule has 0 unspecified atom stereocenters. The van der Waals surface area contributed by atoms with E-state index in [1.165, 1.54) is 0 Å². The second-order valence-corrected chi connectivity index (χ2v) is 3.38. The monoisotopic (exact) mass is 279 g/mol. The predicted molar refractivity (Wildman–Crippen MR) is 44.2 cm³/mol. The van der Waals surface area contributed by atoms with Crippen molar-refractivity contribution in [2.45, 2.75) is 18.1 Å². The van der Waals surface area contributed by atoms with Crippen molar-refractivity contribution in [3.63, 3.8) is 0 Å². The van der Waals surface area contributed by atoms with Crippen LogP contribution in [0.5, 0.6) is 0 Å². The molecule has 18 heavy (non-hydrogen) atoms. The zero-order valence-corrected chi connectivity index (χ0v) is 8.33. The second-order valence-electron chi connectivity index (χ2n) is 3.38. The van der Waals surface area contributed by atoms with Crippen molar-refractivity contribution < 1.29 is 35.1 Å². The minimum atomic E-state index is -6.08. The highest BCUT2D eigenvalue weighted by atomic mass is 19.4. The number of alkyl halides is 5. The van der Waals surface area contributed by atoms with Gasteiger partial charge in [0.15, 0.2) is 0 Å². The Hall–Kier alpha value is -1.38. The van der Waals surface area contributed by atoms with Gasteiger partial charge >= 0.3 is 12.1 Å².